The largest absolute Gasteiger partial charge is 0.493 e. The number of anilines is 2. The number of nitrogen functional groups attached to an aromatic ring is 1. The molecule has 13 nitrogen and oxygen atoms in total. The van der Waals surface area contributed by atoms with Crippen molar-refractivity contribution in [1.82, 2.24) is 4.98 Å². The molecule has 4 aromatic rings. The van der Waals surface area contributed by atoms with E-state index in [1.54, 1.807) is 30.3 Å². The van der Waals surface area contributed by atoms with Crippen molar-refractivity contribution in [3.05, 3.63) is 87.9 Å². The molecule has 0 aliphatic carbocycles. The molecule has 50 heavy (non-hydrogen) atoms. The molecule has 2 heterocycles. The van der Waals surface area contributed by atoms with Crippen LogP contribution < -0.4 is 24.8 Å². The van der Waals surface area contributed by atoms with Crippen LogP contribution in [0.15, 0.2) is 65.7 Å². The van der Waals surface area contributed by atoms with E-state index in [4.69, 9.17) is 36.3 Å². The number of esters is 1. The van der Waals surface area contributed by atoms with E-state index in [2.05, 4.69) is 11.1 Å². The van der Waals surface area contributed by atoms with Crippen LogP contribution in [0.5, 0.6) is 17.2 Å². The van der Waals surface area contributed by atoms with Gasteiger partial charge in [0, 0.05) is 17.5 Å². The van der Waals surface area contributed by atoms with E-state index < -0.39 is 35.4 Å². The molecule has 0 spiro atoms. The number of amides is 2. The summed E-state index contributed by atoms with van der Waals surface area (Å²) in [7, 11) is 4.26. The molecule has 1 fully saturated rings. The van der Waals surface area contributed by atoms with Gasteiger partial charge in [-0.1, -0.05) is 35.5 Å². The van der Waals surface area contributed by atoms with Gasteiger partial charge in [0.2, 0.25) is 23.3 Å². The van der Waals surface area contributed by atoms with Gasteiger partial charge in [0.1, 0.15) is 28.5 Å². The summed E-state index contributed by atoms with van der Waals surface area (Å²) in [6.07, 6.45) is -0.233. The molecule has 1 atom stereocenters. The number of nitrogens with zero attached hydrogens (tertiary/aromatic N) is 4. The van der Waals surface area contributed by atoms with Crippen LogP contribution in [0.2, 0.25) is 5.02 Å². The molecule has 5 rings (SSSR count). The standard InChI is InChI=1S/C35H26ClN5O8S/c1-46-26-12-19(13-27(47-2)31(26)48-3)30-22(15-37)32(39)40-33(23(30)16-38)50-28-14-29(43)41(34(28)44)20-10-8-18(9-11-20)35(45)49-17-25(42)21-6-4-5-7-24(21)36/h4-13,28H,14,17H2,1-3H3,(H2,39,40). The number of halogens is 1. The average Bonchev–Trinajstić information content (AvgIpc) is 3.40. The van der Waals surface area contributed by atoms with Gasteiger partial charge < -0.3 is 24.7 Å². The Kier molecular flexibility index (Phi) is 10.6. The van der Waals surface area contributed by atoms with Gasteiger partial charge in [0.15, 0.2) is 18.1 Å². The third-order valence-corrected chi connectivity index (χ3v) is 9.10. The Morgan fingerprint density at radius 1 is 0.980 bits per heavy atom. The van der Waals surface area contributed by atoms with Crippen molar-refractivity contribution < 1.29 is 38.1 Å². The van der Waals surface area contributed by atoms with E-state index in [9.17, 15) is 29.7 Å². The molecule has 15 heteroatoms. The number of nitrogens with two attached hydrogens (primary N) is 1. The highest BCUT2D eigenvalue weighted by Crippen LogP contribution is 2.45. The molecule has 0 saturated carbocycles. The summed E-state index contributed by atoms with van der Waals surface area (Å²) >= 11 is 6.90. The number of Topliss-reactive ketones (excluding diaryl/α,β-unsaturated/α-hetero) is 1. The number of aromatic nitrogens is 1. The van der Waals surface area contributed by atoms with Crippen molar-refractivity contribution in [2.75, 3.05) is 38.6 Å². The Bertz CT molecular complexity index is 2100. The Morgan fingerprint density at radius 2 is 1.62 bits per heavy atom. The minimum atomic E-state index is -0.998. The number of rotatable bonds is 11. The molecule has 1 aromatic heterocycles. The van der Waals surface area contributed by atoms with Gasteiger partial charge in [-0.25, -0.2) is 14.7 Å². The Morgan fingerprint density at radius 3 is 2.20 bits per heavy atom. The Balaban J connectivity index is 1.38. The molecule has 1 aliphatic heterocycles. The minimum absolute atomic E-state index is 0.0326. The third-order valence-electron chi connectivity index (χ3n) is 7.60. The zero-order valence-corrected chi connectivity index (χ0v) is 28.3. The van der Waals surface area contributed by atoms with Crippen molar-refractivity contribution in [2.24, 2.45) is 0 Å². The average molecular weight is 712 g/mol. The number of thioether (sulfide) groups is 1. The molecule has 0 radical (unpaired) electrons. The number of hydrogen-bond acceptors (Lipinski definition) is 13. The normalized spacial score (nSPS) is 13.7. The second-order valence-electron chi connectivity index (χ2n) is 10.5. The molecule has 1 unspecified atom stereocenters. The fraction of sp³-hybridized carbons (Fsp3) is 0.171. The first kappa shape index (κ1) is 35.2. The SMILES string of the molecule is COc1cc(-c2c(C#N)c(N)nc(SC3CC(=O)N(c4ccc(C(=O)OCC(=O)c5ccccc5Cl)cc4)C3=O)c2C#N)cc(OC)c1OC. The number of benzene rings is 3. The lowest BCUT2D eigenvalue weighted by molar-refractivity contribution is -0.121. The van der Waals surface area contributed by atoms with Crippen molar-refractivity contribution in [1.29, 1.82) is 10.5 Å². The predicted molar refractivity (Wildman–Crippen MR) is 182 cm³/mol. The molecular weight excluding hydrogens is 686 g/mol. The summed E-state index contributed by atoms with van der Waals surface area (Å²) in [5, 5.41) is 19.5. The summed E-state index contributed by atoms with van der Waals surface area (Å²) in [5.41, 5.74) is 7.02. The Labute approximate surface area is 295 Å². The lowest BCUT2D eigenvalue weighted by Crippen LogP contribution is -2.31. The van der Waals surface area contributed by atoms with E-state index >= 15 is 0 Å². The topological polar surface area (TPSA) is 195 Å². The van der Waals surface area contributed by atoms with E-state index in [1.807, 2.05) is 6.07 Å². The molecular formula is C35H26ClN5O8S. The molecule has 2 amide bonds. The first-order valence-electron chi connectivity index (χ1n) is 14.6. The summed E-state index contributed by atoms with van der Waals surface area (Å²) in [5.74, 6) is -1.78. The van der Waals surface area contributed by atoms with Gasteiger partial charge >= 0.3 is 5.97 Å². The van der Waals surface area contributed by atoms with Crippen LogP contribution >= 0.6 is 23.4 Å². The van der Waals surface area contributed by atoms with Gasteiger partial charge in [0.05, 0.1) is 48.4 Å². The van der Waals surface area contributed by atoms with Gasteiger partial charge in [-0.15, -0.1) is 0 Å². The van der Waals surface area contributed by atoms with Crippen molar-refractivity contribution in [2.45, 2.75) is 16.7 Å². The smallest absolute Gasteiger partial charge is 0.338 e. The van der Waals surface area contributed by atoms with Gasteiger partial charge in [-0.05, 0) is 54.1 Å². The van der Waals surface area contributed by atoms with Crippen molar-refractivity contribution in [3.63, 3.8) is 0 Å². The number of methoxy groups -OCH3 is 3. The van der Waals surface area contributed by atoms with Crippen LogP contribution in [0.4, 0.5) is 11.5 Å². The highest BCUT2D eigenvalue weighted by molar-refractivity contribution is 8.00. The third kappa shape index (κ3) is 6.75. The number of pyridine rings is 1. The van der Waals surface area contributed by atoms with Crippen molar-refractivity contribution in [3.8, 4) is 40.5 Å². The fourth-order valence-corrected chi connectivity index (χ4v) is 6.59. The fourth-order valence-electron chi connectivity index (χ4n) is 5.23. The van der Waals surface area contributed by atoms with Crippen LogP contribution in [0, 0.1) is 22.7 Å². The maximum absolute atomic E-state index is 13.6. The maximum atomic E-state index is 13.6. The number of nitriles is 2. The molecule has 1 aliphatic rings. The lowest BCUT2D eigenvalue weighted by Gasteiger charge is -2.18. The maximum Gasteiger partial charge on any atom is 0.338 e. The lowest BCUT2D eigenvalue weighted by atomic mass is 9.96. The molecule has 3 aromatic carbocycles. The zero-order valence-electron chi connectivity index (χ0n) is 26.7. The first-order chi connectivity index (χ1) is 24.1. The Hall–Kier alpha value is -6.09. The quantitative estimate of drug-likeness (QED) is 0.121. The molecule has 1 saturated heterocycles. The summed E-state index contributed by atoms with van der Waals surface area (Å²) in [6.45, 7) is -0.536. The van der Waals surface area contributed by atoms with Gasteiger partial charge in [0.25, 0.3) is 0 Å². The van der Waals surface area contributed by atoms with Crippen LogP contribution in [-0.2, 0) is 14.3 Å². The minimum Gasteiger partial charge on any atom is -0.493 e. The second kappa shape index (κ2) is 15.0. The van der Waals surface area contributed by atoms with Crippen LogP contribution in [0.25, 0.3) is 11.1 Å². The van der Waals surface area contributed by atoms with E-state index in [-0.39, 0.29) is 73.0 Å². The number of carbonyl (C=O) groups excluding carboxylic acids is 4. The van der Waals surface area contributed by atoms with E-state index in [1.165, 1.54) is 51.7 Å². The number of ketones is 1. The van der Waals surface area contributed by atoms with E-state index in [0.717, 1.165) is 16.7 Å². The summed E-state index contributed by atoms with van der Waals surface area (Å²) < 4.78 is 21.4. The van der Waals surface area contributed by atoms with Crippen molar-refractivity contribution >= 4 is 58.4 Å². The number of ether oxygens (including phenoxy) is 4. The zero-order chi connectivity index (χ0) is 36.1. The second-order valence-corrected chi connectivity index (χ2v) is 12.1. The molecule has 2 N–H and O–H groups in total. The summed E-state index contributed by atoms with van der Waals surface area (Å²) in [6, 6.07) is 19.1. The number of carbonyl (C=O) groups is 4. The monoisotopic (exact) mass is 711 g/mol. The van der Waals surface area contributed by atoms with Crippen LogP contribution in [-0.4, -0.2) is 61.7 Å². The van der Waals surface area contributed by atoms with Gasteiger partial charge in [-0.3, -0.25) is 14.4 Å². The van der Waals surface area contributed by atoms with Crippen LogP contribution in [0.3, 0.4) is 0 Å². The van der Waals surface area contributed by atoms with Crippen LogP contribution in [0.1, 0.15) is 38.3 Å². The molecule has 252 valence electrons. The predicted octanol–water partition coefficient (Wildman–Crippen LogP) is 5.22. The van der Waals surface area contributed by atoms with E-state index in [0.29, 0.717) is 5.56 Å². The number of imide groups is 1. The summed E-state index contributed by atoms with van der Waals surface area (Å²) in [4.78, 5) is 57.0. The highest BCUT2D eigenvalue weighted by Gasteiger charge is 2.41. The van der Waals surface area contributed by atoms with Gasteiger partial charge in [-0.2, -0.15) is 10.5 Å². The molecule has 0 bridgehead atoms. The highest BCUT2D eigenvalue weighted by atomic mass is 35.5. The first-order valence-corrected chi connectivity index (χ1v) is 15.8. The number of hydrogen-bond donors (Lipinski definition) is 1.